The summed E-state index contributed by atoms with van der Waals surface area (Å²) in [5.74, 6) is -0.275. The largest absolute Gasteiger partial charge is 0.573 e. The van der Waals surface area contributed by atoms with Crippen LogP contribution < -0.4 is 10.5 Å². The Bertz CT molecular complexity index is 740. The van der Waals surface area contributed by atoms with E-state index in [1.807, 2.05) is 25.7 Å². The van der Waals surface area contributed by atoms with Crippen molar-refractivity contribution in [3.63, 3.8) is 0 Å². The van der Waals surface area contributed by atoms with E-state index >= 15 is 0 Å². The molecule has 1 aromatic rings. The van der Waals surface area contributed by atoms with Crippen molar-refractivity contribution < 1.29 is 27.4 Å². The molecule has 0 fully saturated rings. The summed E-state index contributed by atoms with van der Waals surface area (Å²) in [5.41, 5.74) is 6.10. The molecule has 0 aliphatic rings. The molecule has 33 heavy (non-hydrogen) atoms. The highest BCUT2D eigenvalue weighted by atomic mass is 19.4. The van der Waals surface area contributed by atoms with Gasteiger partial charge in [-0.2, -0.15) is 0 Å². The molecule has 0 heterocycles. The van der Waals surface area contributed by atoms with Gasteiger partial charge < -0.3 is 20.1 Å². The lowest BCUT2D eigenvalue weighted by molar-refractivity contribution is -0.274. The number of allylic oxidation sites excluding steroid dienone is 1. The molecule has 1 aromatic carbocycles. The highest BCUT2D eigenvalue weighted by molar-refractivity contribution is 5.80. The van der Waals surface area contributed by atoms with Crippen molar-refractivity contribution in [2.45, 2.75) is 79.2 Å². The number of halogens is 3. The smallest absolute Gasteiger partial charge is 0.444 e. The Morgan fingerprint density at radius 3 is 2.12 bits per heavy atom. The number of hydrogen-bond donors (Lipinski definition) is 1. The van der Waals surface area contributed by atoms with E-state index < -0.39 is 12.0 Å². The maximum absolute atomic E-state index is 11.9. The summed E-state index contributed by atoms with van der Waals surface area (Å²) in [6, 6.07) is 5.23. The van der Waals surface area contributed by atoms with E-state index in [1.54, 1.807) is 6.92 Å². The van der Waals surface area contributed by atoms with E-state index in [2.05, 4.69) is 23.6 Å². The molecule has 2 N–H and O–H groups in total. The van der Waals surface area contributed by atoms with Crippen molar-refractivity contribution in [1.29, 1.82) is 0 Å². The molecular formula is C24H38F3N3O3. The van der Waals surface area contributed by atoms with Crippen LogP contribution in [-0.2, 0) is 4.74 Å². The topological polar surface area (TPSA) is 77.2 Å². The van der Waals surface area contributed by atoms with Gasteiger partial charge in [-0.05, 0) is 76.6 Å². The zero-order valence-electron chi connectivity index (χ0n) is 20.5. The number of nitrogens with two attached hydrogens (primary N) is 1. The number of alkyl halides is 3. The fourth-order valence-electron chi connectivity index (χ4n) is 2.40. The van der Waals surface area contributed by atoms with Gasteiger partial charge in [-0.1, -0.05) is 26.7 Å². The van der Waals surface area contributed by atoms with E-state index in [-0.39, 0.29) is 11.8 Å². The predicted molar refractivity (Wildman–Crippen MR) is 127 cm³/mol. The number of nitrogens with zero attached hydrogens (tertiary/aromatic N) is 2. The van der Waals surface area contributed by atoms with Crippen LogP contribution in [0.4, 0.5) is 23.7 Å². The fourth-order valence-corrected chi connectivity index (χ4v) is 2.40. The molecule has 0 saturated heterocycles. The second kappa shape index (κ2) is 15.2. The van der Waals surface area contributed by atoms with Gasteiger partial charge in [0.1, 0.15) is 11.4 Å². The number of benzene rings is 1. The Kier molecular flexibility index (Phi) is 13.9. The minimum absolute atomic E-state index is 0.176. The first-order chi connectivity index (χ1) is 15.3. The van der Waals surface area contributed by atoms with E-state index in [4.69, 9.17) is 10.5 Å². The van der Waals surface area contributed by atoms with Gasteiger partial charge >= 0.3 is 12.5 Å². The molecular weight excluding hydrogens is 435 g/mol. The van der Waals surface area contributed by atoms with Gasteiger partial charge in [0, 0.05) is 19.3 Å². The third kappa shape index (κ3) is 16.6. The van der Waals surface area contributed by atoms with Crippen LogP contribution in [0.15, 0.2) is 41.0 Å². The molecule has 188 valence electrons. The Hall–Kier alpha value is -2.71. The number of unbranched alkanes of at least 4 members (excludes halogenated alkanes) is 2. The minimum Gasteiger partial charge on any atom is -0.444 e. The van der Waals surface area contributed by atoms with Crippen LogP contribution in [0.25, 0.3) is 0 Å². The Morgan fingerprint density at radius 1 is 1.06 bits per heavy atom. The fraction of sp³-hybridized carbons (Fsp3) is 0.583. The van der Waals surface area contributed by atoms with Gasteiger partial charge in [-0.15, -0.1) is 13.2 Å². The van der Waals surface area contributed by atoms with Gasteiger partial charge in [-0.3, -0.25) is 4.99 Å². The first-order valence-electron chi connectivity index (χ1n) is 11.1. The molecule has 0 bridgehead atoms. The molecule has 9 heteroatoms. The third-order valence-corrected chi connectivity index (χ3v) is 3.93. The van der Waals surface area contributed by atoms with Gasteiger partial charge in [0.15, 0.2) is 0 Å². The monoisotopic (exact) mass is 473 g/mol. The summed E-state index contributed by atoms with van der Waals surface area (Å²) in [4.78, 5) is 17.7. The highest BCUT2D eigenvalue weighted by Gasteiger charge is 2.30. The SMILES string of the molecule is C/C(C=Nc1ccc(OC(F)(F)F)cc1)=C/N.CCCCCN(CCC)C(=O)OC(C)(C)C. The molecule has 0 aromatic heterocycles. The van der Waals surface area contributed by atoms with Crippen LogP contribution in [0.2, 0.25) is 0 Å². The average molecular weight is 474 g/mol. The van der Waals surface area contributed by atoms with Crippen LogP contribution in [0.5, 0.6) is 5.75 Å². The maximum Gasteiger partial charge on any atom is 0.573 e. The van der Waals surface area contributed by atoms with Crippen molar-refractivity contribution in [3.05, 3.63) is 36.0 Å². The standard InChI is InChI=1S/C13H27NO2.C11H11F3N2O/c1-6-8-9-11-14(10-7-2)12(15)16-13(3,4)5;1-8(6-15)7-16-9-2-4-10(5-3-9)17-11(12,13)14/h6-11H2,1-5H3;2-7H,15H2,1H3/b;8-6-,16-7?. The summed E-state index contributed by atoms with van der Waals surface area (Å²) < 4.78 is 44.7. The quantitative estimate of drug-likeness (QED) is 0.310. The second-order valence-corrected chi connectivity index (χ2v) is 8.39. The van der Waals surface area contributed by atoms with Crippen molar-refractivity contribution in [3.8, 4) is 5.75 Å². The van der Waals surface area contributed by atoms with E-state index in [1.165, 1.54) is 49.5 Å². The van der Waals surface area contributed by atoms with Crippen molar-refractivity contribution >= 4 is 18.0 Å². The van der Waals surface area contributed by atoms with Gasteiger partial charge in [0.25, 0.3) is 0 Å². The molecule has 0 aliphatic heterocycles. The van der Waals surface area contributed by atoms with Crippen LogP contribution in [0.1, 0.15) is 67.2 Å². The molecule has 0 unspecified atom stereocenters. The van der Waals surface area contributed by atoms with Gasteiger partial charge in [0.2, 0.25) is 0 Å². The number of carbonyl (C=O) groups excluding carboxylic acids is 1. The molecule has 1 amide bonds. The Balaban J connectivity index is 0.000000622. The number of hydrogen-bond acceptors (Lipinski definition) is 5. The zero-order valence-corrected chi connectivity index (χ0v) is 20.5. The highest BCUT2D eigenvalue weighted by Crippen LogP contribution is 2.24. The lowest BCUT2D eigenvalue weighted by Crippen LogP contribution is -2.37. The molecule has 0 spiro atoms. The van der Waals surface area contributed by atoms with Gasteiger partial charge in [0.05, 0.1) is 5.69 Å². The average Bonchev–Trinajstić information content (AvgIpc) is 2.70. The first kappa shape index (κ1) is 30.3. The number of ether oxygens (including phenoxy) is 2. The number of aliphatic imine (C=N–C) groups is 1. The number of rotatable bonds is 9. The summed E-state index contributed by atoms with van der Waals surface area (Å²) in [6.45, 7) is 13.3. The number of carbonyl (C=O) groups is 1. The lowest BCUT2D eigenvalue weighted by Gasteiger charge is -2.27. The number of amides is 1. The Labute approximate surface area is 195 Å². The first-order valence-corrected chi connectivity index (χ1v) is 11.1. The van der Waals surface area contributed by atoms with Crippen LogP contribution in [0.3, 0.4) is 0 Å². The summed E-state index contributed by atoms with van der Waals surface area (Å²) >= 11 is 0. The van der Waals surface area contributed by atoms with Crippen LogP contribution >= 0.6 is 0 Å². The predicted octanol–water partition coefficient (Wildman–Crippen LogP) is 6.97. The minimum atomic E-state index is -4.68. The second-order valence-electron chi connectivity index (χ2n) is 8.39. The summed E-state index contributed by atoms with van der Waals surface area (Å²) in [7, 11) is 0. The molecule has 0 saturated carbocycles. The molecule has 0 aliphatic carbocycles. The van der Waals surface area contributed by atoms with E-state index in [0.29, 0.717) is 5.69 Å². The van der Waals surface area contributed by atoms with Crippen LogP contribution in [-0.4, -0.2) is 42.3 Å². The Morgan fingerprint density at radius 2 is 1.67 bits per heavy atom. The van der Waals surface area contributed by atoms with Crippen LogP contribution in [0, 0.1) is 0 Å². The lowest BCUT2D eigenvalue weighted by atomic mass is 10.2. The summed E-state index contributed by atoms with van der Waals surface area (Å²) in [6.07, 6.45) is 2.43. The normalized spacial score (nSPS) is 12.2. The molecule has 1 rings (SSSR count). The van der Waals surface area contributed by atoms with Crippen molar-refractivity contribution in [2.75, 3.05) is 13.1 Å². The molecule has 0 atom stereocenters. The third-order valence-electron chi connectivity index (χ3n) is 3.93. The van der Waals surface area contributed by atoms with E-state index in [9.17, 15) is 18.0 Å². The molecule has 0 radical (unpaired) electrons. The van der Waals surface area contributed by atoms with Crippen molar-refractivity contribution in [1.82, 2.24) is 4.90 Å². The summed E-state index contributed by atoms with van der Waals surface area (Å²) in [5, 5.41) is 0. The maximum atomic E-state index is 11.9. The van der Waals surface area contributed by atoms with Gasteiger partial charge in [-0.25, -0.2) is 4.79 Å². The van der Waals surface area contributed by atoms with E-state index in [0.717, 1.165) is 31.5 Å². The zero-order chi connectivity index (χ0) is 25.5. The molecule has 6 nitrogen and oxygen atoms in total. The van der Waals surface area contributed by atoms with Crippen molar-refractivity contribution in [2.24, 2.45) is 10.7 Å².